The van der Waals surface area contributed by atoms with Crippen LogP contribution in [0.25, 0.3) is 6.08 Å². The molecule has 21 heavy (non-hydrogen) atoms. The predicted octanol–water partition coefficient (Wildman–Crippen LogP) is 3.34. The quantitative estimate of drug-likeness (QED) is 0.903. The molecule has 0 amide bonds. The SMILES string of the molecule is Oc1ccc(Oc2cncc(/C=C/[C@@H]3CCCN3)c2)cc1. The van der Waals surface area contributed by atoms with Crippen molar-refractivity contribution >= 4 is 6.08 Å². The summed E-state index contributed by atoms with van der Waals surface area (Å²) in [5, 5.41) is 12.7. The summed E-state index contributed by atoms with van der Waals surface area (Å²) in [6.45, 7) is 1.09. The highest BCUT2D eigenvalue weighted by molar-refractivity contribution is 5.51. The molecule has 1 aliphatic rings. The van der Waals surface area contributed by atoms with Crippen LogP contribution >= 0.6 is 0 Å². The Morgan fingerprint density at radius 2 is 2.05 bits per heavy atom. The molecule has 0 radical (unpaired) electrons. The predicted molar refractivity (Wildman–Crippen MR) is 82.5 cm³/mol. The largest absolute Gasteiger partial charge is 0.508 e. The van der Waals surface area contributed by atoms with Crippen molar-refractivity contribution in [2.45, 2.75) is 18.9 Å². The van der Waals surface area contributed by atoms with Gasteiger partial charge >= 0.3 is 0 Å². The van der Waals surface area contributed by atoms with Crippen molar-refractivity contribution in [1.29, 1.82) is 0 Å². The summed E-state index contributed by atoms with van der Waals surface area (Å²) < 4.78 is 5.72. The maximum atomic E-state index is 9.26. The first kappa shape index (κ1) is 13.6. The van der Waals surface area contributed by atoms with Crippen molar-refractivity contribution in [2.75, 3.05) is 6.54 Å². The average Bonchev–Trinajstić information content (AvgIpc) is 3.01. The molecule has 0 aliphatic carbocycles. The van der Waals surface area contributed by atoms with Gasteiger partial charge in [0.1, 0.15) is 17.2 Å². The molecule has 1 aliphatic heterocycles. The number of hydrogen-bond acceptors (Lipinski definition) is 4. The first-order valence-corrected chi connectivity index (χ1v) is 7.13. The van der Waals surface area contributed by atoms with E-state index >= 15 is 0 Å². The van der Waals surface area contributed by atoms with E-state index in [9.17, 15) is 5.11 Å². The maximum Gasteiger partial charge on any atom is 0.146 e. The molecule has 3 rings (SSSR count). The third-order valence-electron chi connectivity index (χ3n) is 3.43. The van der Waals surface area contributed by atoms with Crippen LogP contribution in [0.1, 0.15) is 18.4 Å². The number of rotatable bonds is 4. The minimum atomic E-state index is 0.223. The lowest BCUT2D eigenvalue weighted by Gasteiger charge is -2.06. The van der Waals surface area contributed by atoms with Gasteiger partial charge in [-0.05, 0) is 55.3 Å². The van der Waals surface area contributed by atoms with Gasteiger partial charge in [-0.15, -0.1) is 0 Å². The molecule has 4 heteroatoms. The molecule has 0 spiro atoms. The minimum absolute atomic E-state index is 0.223. The van der Waals surface area contributed by atoms with Crippen LogP contribution in [0.5, 0.6) is 17.2 Å². The monoisotopic (exact) mass is 282 g/mol. The number of phenols is 1. The molecule has 1 aromatic carbocycles. The molecule has 4 nitrogen and oxygen atoms in total. The Balaban J connectivity index is 1.69. The highest BCUT2D eigenvalue weighted by Gasteiger charge is 2.09. The van der Waals surface area contributed by atoms with Crippen molar-refractivity contribution < 1.29 is 9.84 Å². The van der Waals surface area contributed by atoms with Crippen LogP contribution in [-0.2, 0) is 0 Å². The summed E-state index contributed by atoms with van der Waals surface area (Å²) in [6, 6.07) is 9.05. The van der Waals surface area contributed by atoms with Gasteiger partial charge in [0.15, 0.2) is 0 Å². The van der Waals surface area contributed by atoms with Gasteiger partial charge < -0.3 is 15.2 Å². The van der Waals surface area contributed by atoms with E-state index in [4.69, 9.17) is 4.74 Å². The summed E-state index contributed by atoms with van der Waals surface area (Å²) >= 11 is 0. The first-order chi connectivity index (χ1) is 10.3. The fourth-order valence-electron chi connectivity index (χ4n) is 2.34. The number of pyridine rings is 1. The number of aromatic nitrogens is 1. The summed E-state index contributed by atoms with van der Waals surface area (Å²) in [5.74, 6) is 1.58. The van der Waals surface area contributed by atoms with Crippen LogP contribution in [0, 0.1) is 0 Å². The lowest BCUT2D eigenvalue weighted by molar-refractivity contribution is 0.463. The fraction of sp³-hybridized carbons (Fsp3) is 0.235. The highest BCUT2D eigenvalue weighted by atomic mass is 16.5. The van der Waals surface area contributed by atoms with Crippen LogP contribution in [0.4, 0.5) is 0 Å². The number of benzene rings is 1. The molecule has 1 fully saturated rings. The van der Waals surface area contributed by atoms with Crippen molar-refractivity contribution in [1.82, 2.24) is 10.3 Å². The Labute approximate surface area is 124 Å². The van der Waals surface area contributed by atoms with Gasteiger partial charge in [-0.1, -0.05) is 12.2 Å². The van der Waals surface area contributed by atoms with E-state index in [-0.39, 0.29) is 5.75 Å². The second-order valence-electron chi connectivity index (χ2n) is 5.11. The Hall–Kier alpha value is -2.33. The van der Waals surface area contributed by atoms with E-state index in [0.717, 1.165) is 12.1 Å². The van der Waals surface area contributed by atoms with Gasteiger partial charge in [-0.25, -0.2) is 0 Å². The Kier molecular flexibility index (Phi) is 4.17. The zero-order valence-corrected chi connectivity index (χ0v) is 11.7. The van der Waals surface area contributed by atoms with Crippen LogP contribution in [-0.4, -0.2) is 22.7 Å². The van der Waals surface area contributed by atoms with Gasteiger partial charge in [0.25, 0.3) is 0 Å². The van der Waals surface area contributed by atoms with Crippen molar-refractivity contribution in [2.24, 2.45) is 0 Å². The highest BCUT2D eigenvalue weighted by Crippen LogP contribution is 2.23. The van der Waals surface area contributed by atoms with Crippen molar-refractivity contribution in [3.05, 3.63) is 54.4 Å². The Morgan fingerprint density at radius 1 is 1.19 bits per heavy atom. The molecule has 1 aromatic heterocycles. The summed E-state index contributed by atoms with van der Waals surface area (Å²) in [4.78, 5) is 4.20. The zero-order valence-electron chi connectivity index (χ0n) is 11.7. The molecule has 108 valence electrons. The van der Waals surface area contributed by atoms with Gasteiger partial charge in [-0.3, -0.25) is 4.98 Å². The fourth-order valence-corrected chi connectivity index (χ4v) is 2.34. The van der Waals surface area contributed by atoms with E-state index in [1.807, 2.05) is 12.3 Å². The third-order valence-corrected chi connectivity index (χ3v) is 3.43. The summed E-state index contributed by atoms with van der Waals surface area (Å²) in [5.41, 5.74) is 1.01. The minimum Gasteiger partial charge on any atom is -0.508 e. The zero-order chi connectivity index (χ0) is 14.5. The van der Waals surface area contributed by atoms with Crippen LogP contribution in [0.3, 0.4) is 0 Å². The molecule has 0 saturated carbocycles. The van der Waals surface area contributed by atoms with E-state index in [0.29, 0.717) is 17.5 Å². The van der Waals surface area contributed by atoms with Crippen LogP contribution < -0.4 is 10.1 Å². The number of hydrogen-bond donors (Lipinski definition) is 2. The molecule has 1 atom stereocenters. The van der Waals surface area contributed by atoms with E-state index in [1.54, 1.807) is 30.5 Å². The number of ether oxygens (including phenoxy) is 1. The van der Waals surface area contributed by atoms with Crippen molar-refractivity contribution in [3.63, 3.8) is 0 Å². The number of nitrogens with one attached hydrogen (secondary N) is 1. The summed E-state index contributed by atoms with van der Waals surface area (Å²) in [7, 11) is 0. The summed E-state index contributed by atoms with van der Waals surface area (Å²) in [6.07, 6.45) is 10.2. The van der Waals surface area contributed by atoms with Crippen LogP contribution in [0.15, 0.2) is 48.8 Å². The third kappa shape index (κ3) is 3.83. The Morgan fingerprint density at radius 3 is 2.81 bits per heavy atom. The smallest absolute Gasteiger partial charge is 0.146 e. The van der Waals surface area contributed by atoms with Gasteiger partial charge in [-0.2, -0.15) is 0 Å². The van der Waals surface area contributed by atoms with E-state index in [2.05, 4.69) is 22.5 Å². The topological polar surface area (TPSA) is 54.4 Å². The molecular formula is C17H18N2O2. The second-order valence-corrected chi connectivity index (χ2v) is 5.11. The van der Waals surface area contributed by atoms with E-state index in [1.165, 1.54) is 12.8 Å². The number of phenolic OH excluding ortho intramolecular Hbond substituents is 1. The molecule has 2 heterocycles. The number of nitrogens with zero attached hydrogens (tertiary/aromatic N) is 1. The van der Waals surface area contributed by atoms with E-state index < -0.39 is 0 Å². The van der Waals surface area contributed by atoms with Gasteiger partial charge in [0, 0.05) is 12.2 Å². The van der Waals surface area contributed by atoms with Gasteiger partial charge in [0.2, 0.25) is 0 Å². The maximum absolute atomic E-state index is 9.26. The standard InChI is InChI=1S/C17H18N2O2/c20-15-5-7-16(8-6-15)21-17-10-13(11-18-12-17)3-4-14-2-1-9-19-14/h3-8,10-12,14,19-20H,1-2,9H2/b4-3+/t14-/m0/s1. The molecule has 2 aromatic rings. The lowest BCUT2D eigenvalue weighted by Crippen LogP contribution is -2.17. The first-order valence-electron chi connectivity index (χ1n) is 7.13. The second kappa shape index (κ2) is 6.41. The van der Waals surface area contributed by atoms with Crippen LogP contribution in [0.2, 0.25) is 0 Å². The number of aromatic hydroxyl groups is 1. The molecule has 2 N–H and O–H groups in total. The molecule has 1 saturated heterocycles. The van der Waals surface area contributed by atoms with Crippen molar-refractivity contribution in [3.8, 4) is 17.2 Å². The molecular weight excluding hydrogens is 264 g/mol. The van der Waals surface area contributed by atoms with Gasteiger partial charge in [0.05, 0.1) is 6.20 Å². The average molecular weight is 282 g/mol. The molecule has 0 unspecified atom stereocenters. The Bertz CT molecular complexity index is 617. The lowest BCUT2D eigenvalue weighted by atomic mass is 10.2. The normalized spacial score (nSPS) is 18.2. The molecule has 0 bridgehead atoms.